The zero-order chi connectivity index (χ0) is 15.1. The summed E-state index contributed by atoms with van der Waals surface area (Å²) < 4.78 is 10.6. The second kappa shape index (κ2) is 7.68. The van der Waals surface area contributed by atoms with Crippen molar-refractivity contribution in [1.29, 1.82) is 5.26 Å². The topological polar surface area (TPSA) is 59.3 Å². The van der Waals surface area contributed by atoms with E-state index in [1.165, 1.54) is 6.42 Å². The molecule has 1 aliphatic carbocycles. The molecule has 1 aromatic rings. The monoisotopic (exact) mass is 287 g/mol. The second-order valence-electron chi connectivity index (χ2n) is 5.43. The number of carbonyl (C=O) groups excluding carboxylic acids is 1. The Labute approximate surface area is 125 Å². The maximum atomic E-state index is 12.1. The lowest BCUT2D eigenvalue weighted by Gasteiger charge is -2.25. The van der Waals surface area contributed by atoms with E-state index in [0.29, 0.717) is 5.75 Å². The van der Waals surface area contributed by atoms with Gasteiger partial charge >= 0.3 is 5.97 Å². The van der Waals surface area contributed by atoms with Crippen molar-refractivity contribution in [2.24, 2.45) is 5.92 Å². The summed E-state index contributed by atoms with van der Waals surface area (Å²) in [6.45, 7) is 0. The first kappa shape index (κ1) is 15.4. The van der Waals surface area contributed by atoms with Gasteiger partial charge in [-0.05, 0) is 18.9 Å². The van der Waals surface area contributed by atoms with Crippen molar-refractivity contribution in [1.82, 2.24) is 0 Å². The second-order valence-corrected chi connectivity index (χ2v) is 5.43. The molecule has 4 nitrogen and oxygen atoms in total. The highest BCUT2D eigenvalue weighted by Crippen LogP contribution is 2.28. The lowest BCUT2D eigenvalue weighted by atomic mass is 9.85. The van der Waals surface area contributed by atoms with Crippen LogP contribution in [0.15, 0.2) is 24.3 Å². The number of nitrogens with zero attached hydrogens (tertiary/aromatic N) is 1. The first-order chi connectivity index (χ1) is 10.2. The molecule has 0 heterocycles. The Morgan fingerprint density at radius 1 is 1.33 bits per heavy atom. The molecule has 2 rings (SSSR count). The van der Waals surface area contributed by atoms with Gasteiger partial charge in [0.15, 0.2) is 6.10 Å². The Hall–Kier alpha value is -2.02. The van der Waals surface area contributed by atoms with Crippen molar-refractivity contribution >= 4 is 5.97 Å². The van der Waals surface area contributed by atoms with E-state index in [4.69, 9.17) is 9.47 Å². The molecule has 21 heavy (non-hydrogen) atoms. The zero-order valence-corrected chi connectivity index (χ0v) is 12.4. The summed E-state index contributed by atoms with van der Waals surface area (Å²) in [4.78, 5) is 12.1. The molecule has 1 aliphatic rings. The fourth-order valence-corrected chi connectivity index (χ4v) is 2.85. The van der Waals surface area contributed by atoms with Crippen LogP contribution in [-0.2, 0) is 16.0 Å². The number of benzene rings is 1. The van der Waals surface area contributed by atoms with Crippen molar-refractivity contribution in [2.75, 3.05) is 7.11 Å². The van der Waals surface area contributed by atoms with Crippen LogP contribution in [0.25, 0.3) is 0 Å². The lowest BCUT2D eigenvalue weighted by Crippen LogP contribution is -2.28. The van der Waals surface area contributed by atoms with Crippen LogP contribution in [0.1, 0.15) is 37.7 Å². The molecule has 1 saturated carbocycles. The average Bonchev–Trinajstić information content (AvgIpc) is 2.54. The average molecular weight is 287 g/mol. The van der Waals surface area contributed by atoms with Crippen LogP contribution in [0, 0.1) is 17.2 Å². The molecule has 0 bridgehead atoms. The number of methoxy groups -OCH3 is 1. The number of carbonyl (C=O) groups is 1. The largest absolute Gasteiger partial charge is 0.496 e. The zero-order valence-electron chi connectivity index (χ0n) is 12.4. The quantitative estimate of drug-likeness (QED) is 0.780. The van der Waals surface area contributed by atoms with E-state index in [1.807, 2.05) is 24.3 Å². The van der Waals surface area contributed by atoms with Crippen molar-refractivity contribution in [3.63, 3.8) is 0 Å². The summed E-state index contributed by atoms with van der Waals surface area (Å²) in [5, 5.41) is 9.24. The number of nitriles is 1. The van der Waals surface area contributed by atoms with Gasteiger partial charge in [0.05, 0.1) is 13.5 Å². The molecule has 0 N–H and O–H groups in total. The standard InChI is InChI=1S/C17H21NO3/c1-20-15-10-6-5-9-14(15)11-17(19)21-16(12-18)13-7-3-2-4-8-13/h5-6,9-10,13,16H,2-4,7-8,11H2,1H3. The molecule has 1 aromatic carbocycles. The molecular formula is C17H21NO3. The third-order valence-corrected chi connectivity index (χ3v) is 3.99. The number of rotatable bonds is 5. The number of ether oxygens (including phenoxy) is 2. The van der Waals surface area contributed by atoms with Crippen molar-refractivity contribution < 1.29 is 14.3 Å². The van der Waals surface area contributed by atoms with Gasteiger partial charge in [-0.2, -0.15) is 5.26 Å². The van der Waals surface area contributed by atoms with E-state index < -0.39 is 6.10 Å². The molecule has 0 amide bonds. The van der Waals surface area contributed by atoms with Gasteiger partial charge < -0.3 is 9.47 Å². The first-order valence-corrected chi connectivity index (χ1v) is 7.45. The Bertz CT molecular complexity index is 515. The van der Waals surface area contributed by atoms with E-state index >= 15 is 0 Å². The number of hydrogen-bond acceptors (Lipinski definition) is 4. The van der Waals surface area contributed by atoms with E-state index in [9.17, 15) is 10.1 Å². The number of esters is 1. The van der Waals surface area contributed by atoms with Gasteiger partial charge in [0, 0.05) is 11.5 Å². The summed E-state index contributed by atoms with van der Waals surface area (Å²) in [6.07, 6.45) is 4.91. The molecule has 1 unspecified atom stereocenters. The fourth-order valence-electron chi connectivity index (χ4n) is 2.85. The maximum Gasteiger partial charge on any atom is 0.311 e. The Morgan fingerprint density at radius 2 is 2.05 bits per heavy atom. The normalized spacial score (nSPS) is 16.8. The highest BCUT2D eigenvalue weighted by Gasteiger charge is 2.26. The van der Waals surface area contributed by atoms with Gasteiger partial charge in [-0.1, -0.05) is 37.5 Å². The third kappa shape index (κ3) is 4.22. The molecule has 1 atom stereocenters. The molecule has 4 heteroatoms. The van der Waals surface area contributed by atoms with Gasteiger partial charge in [0.25, 0.3) is 0 Å². The molecule has 0 aromatic heterocycles. The van der Waals surface area contributed by atoms with E-state index in [-0.39, 0.29) is 18.3 Å². The molecule has 0 saturated heterocycles. The van der Waals surface area contributed by atoms with Gasteiger partial charge in [0.2, 0.25) is 0 Å². The Balaban J connectivity index is 1.95. The van der Waals surface area contributed by atoms with Crippen molar-refractivity contribution in [3.05, 3.63) is 29.8 Å². The first-order valence-electron chi connectivity index (χ1n) is 7.45. The summed E-state index contributed by atoms with van der Waals surface area (Å²) >= 11 is 0. The predicted octanol–water partition coefficient (Wildman–Crippen LogP) is 3.25. The minimum atomic E-state index is -0.618. The fraction of sp³-hybridized carbons (Fsp3) is 0.529. The highest BCUT2D eigenvalue weighted by molar-refractivity contribution is 5.74. The van der Waals surface area contributed by atoms with E-state index in [0.717, 1.165) is 31.2 Å². The maximum absolute atomic E-state index is 12.1. The molecule has 112 valence electrons. The summed E-state index contributed by atoms with van der Waals surface area (Å²) in [5.74, 6) is 0.489. The smallest absolute Gasteiger partial charge is 0.311 e. The van der Waals surface area contributed by atoms with Gasteiger partial charge in [0.1, 0.15) is 11.8 Å². The van der Waals surface area contributed by atoms with Crippen LogP contribution in [0.3, 0.4) is 0 Å². The van der Waals surface area contributed by atoms with E-state index in [2.05, 4.69) is 6.07 Å². The highest BCUT2D eigenvalue weighted by atomic mass is 16.5. The van der Waals surface area contributed by atoms with Gasteiger partial charge in [-0.25, -0.2) is 0 Å². The lowest BCUT2D eigenvalue weighted by molar-refractivity contribution is -0.148. The summed E-state index contributed by atoms with van der Waals surface area (Å²) in [7, 11) is 1.57. The molecule has 1 fully saturated rings. The molecule has 0 aliphatic heterocycles. The van der Waals surface area contributed by atoms with Crippen LogP contribution in [0.4, 0.5) is 0 Å². The molecular weight excluding hydrogens is 266 g/mol. The van der Waals surface area contributed by atoms with Crippen molar-refractivity contribution in [2.45, 2.75) is 44.6 Å². The minimum absolute atomic E-state index is 0.134. The van der Waals surface area contributed by atoms with Crippen LogP contribution >= 0.6 is 0 Å². The van der Waals surface area contributed by atoms with Gasteiger partial charge in [-0.3, -0.25) is 4.79 Å². The Kier molecular flexibility index (Phi) is 5.62. The van der Waals surface area contributed by atoms with Crippen molar-refractivity contribution in [3.8, 4) is 11.8 Å². The van der Waals surface area contributed by atoms with Crippen LogP contribution in [0.5, 0.6) is 5.75 Å². The molecule has 0 spiro atoms. The van der Waals surface area contributed by atoms with Crippen LogP contribution in [0.2, 0.25) is 0 Å². The molecule has 0 radical (unpaired) electrons. The summed E-state index contributed by atoms with van der Waals surface area (Å²) in [5.41, 5.74) is 0.783. The minimum Gasteiger partial charge on any atom is -0.496 e. The predicted molar refractivity (Wildman–Crippen MR) is 78.8 cm³/mol. The Morgan fingerprint density at radius 3 is 2.71 bits per heavy atom. The summed E-state index contributed by atoms with van der Waals surface area (Å²) in [6, 6.07) is 9.50. The van der Waals surface area contributed by atoms with Crippen LogP contribution in [-0.4, -0.2) is 19.2 Å². The SMILES string of the molecule is COc1ccccc1CC(=O)OC(C#N)C1CCCCC1. The number of para-hydroxylation sites is 1. The third-order valence-electron chi connectivity index (χ3n) is 3.99. The van der Waals surface area contributed by atoms with E-state index in [1.54, 1.807) is 7.11 Å². The number of hydrogen-bond donors (Lipinski definition) is 0. The van der Waals surface area contributed by atoms with Gasteiger partial charge in [-0.15, -0.1) is 0 Å². The van der Waals surface area contributed by atoms with Crippen LogP contribution < -0.4 is 4.74 Å².